The zero-order chi connectivity index (χ0) is 22.1. The topological polar surface area (TPSA) is 74.4 Å². The summed E-state index contributed by atoms with van der Waals surface area (Å²) in [5.41, 5.74) is 4.48. The second-order valence-corrected chi connectivity index (χ2v) is 7.84. The van der Waals surface area contributed by atoms with E-state index in [4.69, 9.17) is 4.74 Å². The summed E-state index contributed by atoms with van der Waals surface area (Å²) < 4.78 is 5.24. The van der Waals surface area contributed by atoms with E-state index in [0.29, 0.717) is 12.1 Å². The van der Waals surface area contributed by atoms with Crippen molar-refractivity contribution < 1.29 is 14.3 Å². The molecule has 2 N–H and O–H groups in total. The van der Waals surface area contributed by atoms with Crippen LogP contribution >= 0.6 is 0 Å². The smallest absolute Gasteiger partial charge is 0.255 e. The Morgan fingerprint density at radius 3 is 2.72 bits per heavy atom. The number of hydrogen-bond acceptors (Lipinski definition) is 3. The molecule has 160 valence electrons. The molecule has 1 aromatic heterocycles. The Kier molecular flexibility index (Phi) is 5.11. The SMILES string of the molecule is COc1cccc(CNC(=O)CN2C(=O)c3ccccc3C2c2c[nH]c3ccccc23)c1. The number of nitrogens with one attached hydrogen (secondary N) is 2. The summed E-state index contributed by atoms with van der Waals surface area (Å²) in [5.74, 6) is 0.396. The number of nitrogens with zero attached hydrogens (tertiary/aromatic N) is 1. The second-order valence-electron chi connectivity index (χ2n) is 7.84. The molecule has 1 aliphatic rings. The lowest BCUT2D eigenvalue weighted by Crippen LogP contribution is -2.39. The molecule has 0 aliphatic carbocycles. The van der Waals surface area contributed by atoms with Gasteiger partial charge in [-0.3, -0.25) is 9.59 Å². The summed E-state index contributed by atoms with van der Waals surface area (Å²) in [5, 5.41) is 3.98. The first-order valence-electron chi connectivity index (χ1n) is 10.5. The molecule has 0 saturated heterocycles. The molecule has 2 heterocycles. The standard InChI is InChI=1S/C26H23N3O3/c1-32-18-8-6-7-17(13-18)14-28-24(30)16-29-25(20-10-2-3-11-21(20)26(29)31)22-15-27-23-12-5-4-9-19(22)23/h2-13,15,25,27H,14,16H2,1H3,(H,28,30). The van der Waals surface area contributed by atoms with Crippen LogP contribution in [0.1, 0.15) is 33.1 Å². The monoisotopic (exact) mass is 425 g/mol. The van der Waals surface area contributed by atoms with Crippen LogP contribution < -0.4 is 10.1 Å². The molecule has 6 heteroatoms. The van der Waals surface area contributed by atoms with Gasteiger partial charge in [-0.15, -0.1) is 0 Å². The Hall–Kier alpha value is -4.06. The molecule has 1 aliphatic heterocycles. The van der Waals surface area contributed by atoms with Gasteiger partial charge < -0.3 is 19.9 Å². The van der Waals surface area contributed by atoms with Crippen molar-refractivity contribution in [3.8, 4) is 5.75 Å². The third-order valence-corrected chi connectivity index (χ3v) is 5.91. The summed E-state index contributed by atoms with van der Waals surface area (Å²) in [6.07, 6.45) is 1.94. The molecule has 2 amide bonds. The van der Waals surface area contributed by atoms with Crippen molar-refractivity contribution in [1.82, 2.24) is 15.2 Å². The number of aromatic amines is 1. The van der Waals surface area contributed by atoms with E-state index < -0.39 is 0 Å². The number of methoxy groups -OCH3 is 1. The first kappa shape index (κ1) is 19.9. The minimum atomic E-state index is -0.322. The molecular formula is C26H23N3O3. The number of amides is 2. The predicted molar refractivity (Wildman–Crippen MR) is 122 cm³/mol. The molecule has 32 heavy (non-hydrogen) atoms. The highest BCUT2D eigenvalue weighted by atomic mass is 16.5. The van der Waals surface area contributed by atoms with Crippen LogP contribution in [0.4, 0.5) is 0 Å². The maximum absolute atomic E-state index is 13.3. The molecule has 0 spiro atoms. The van der Waals surface area contributed by atoms with Crippen molar-refractivity contribution in [1.29, 1.82) is 0 Å². The predicted octanol–water partition coefficient (Wildman–Crippen LogP) is 4.04. The summed E-state index contributed by atoms with van der Waals surface area (Å²) in [7, 11) is 1.61. The zero-order valence-electron chi connectivity index (χ0n) is 17.7. The van der Waals surface area contributed by atoms with Crippen LogP contribution in [0.2, 0.25) is 0 Å². The fourth-order valence-electron chi connectivity index (χ4n) is 4.38. The van der Waals surface area contributed by atoms with Crippen LogP contribution in [0.15, 0.2) is 79.0 Å². The first-order chi connectivity index (χ1) is 15.7. The molecular weight excluding hydrogens is 402 g/mol. The molecule has 1 atom stereocenters. The van der Waals surface area contributed by atoms with Crippen LogP contribution in [0.3, 0.4) is 0 Å². The third kappa shape index (κ3) is 3.50. The first-order valence-corrected chi connectivity index (χ1v) is 10.5. The highest BCUT2D eigenvalue weighted by Crippen LogP contribution is 2.40. The van der Waals surface area contributed by atoms with Crippen LogP contribution in [0.5, 0.6) is 5.75 Å². The number of hydrogen-bond donors (Lipinski definition) is 2. The van der Waals surface area contributed by atoms with Crippen LogP contribution in [-0.2, 0) is 11.3 Å². The van der Waals surface area contributed by atoms with Crippen molar-refractivity contribution in [3.63, 3.8) is 0 Å². The van der Waals surface area contributed by atoms with Crippen molar-refractivity contribution in [2.24, 2.45) is 0 Å². The number of aromatic nitrogens is 1. The van der Waals surface area contributed by atoms with Crippen molar-refractivity contribution >= 4 is 22.7 Å². The number of ether oxygens (including phenoxy) is 1. The lowest BCUT2D eigenvalue weighted by Gasteiger charge is -2.25. The van der Waals surface area contributed by atoms with E-state index in [1.165, 1.54) is 0 Å². The largest absolute Gasteiger partial charge is 0.497 e. The number of benzene rings is 3. The Morgan fingerprint density at radius 2 is 1.84 bits per heavy atom. The van der Waals surface area contributed by atoms with E-state index in [9.17, 15) is 9.59 Å². The Bertz CT molecular complexity index is 1310. The molecule has 6 nitrogen and oxygen atoms in total. The van der Waals surface area contributed by atoms with Gasteiger partial charge in [-0.1, -0.05) is 48.5 Å². The van der Waals surface area contributed by atoms with E-state index in [1.807, 2.05) is 79.0 Å². The quantitative estimate of drug-likeness (QED) is 0.490. The second kappa shape index (κ2) is 8.23. The number of carbonyl (C=O) groups is 2. The zero-order valence-corrected chi connectivity index (χ0v) is 17.7. The summed E-state index contributed by atoms with van der Waals surface area (Å²) in [6, 6.07) is 22.8. The minimum absolute atomic E-state index is 0.0261. The number of H-pyrrole nitrogens is 1. The summed E-state index contributed by atoms with van der Waals surface area (Å²) >= 11 is 0. The number of rotatable bonds is 6. The lowest BCUT2D eigenvalue weighted by atomic mass is 9.97. The molecule has 4 aromatic rings. The van der Waals surface area contributed by atoms with E-state index in [2.05, 4.69) is 10.3 Å². The van der Waals surface area contributed by atoms with Crippen LogP contribution in [0.25, 0.3) is 10.9 Å². The minimum Gasteiger partial charge on any atom is -0.497 e. The molecule has 3 aromatic carbocycles. The maximum atomic E-state index is 13.3. The Balaban J connectivity index is 1.41. The lowest BCUT2D eigenvalue weighted by molar-refractivity contribution is -0.122. The average molecular weight is 425 g/mol. The van der Waals surface area contributed by atoms with Gasteiger partial charge >= 0.3 is 0 Å². The highest BCUT2D eigenvalue weighted by molar-refractivity contribution is 6.02. The van der Waals surface area contributed by atoms with Crippen molar-refractivity contribution in [3.05, 3.63) is 101 Å². The molecule has 0 saturated carbocycles. The van der Waals surface area contributed by atoms with Gasteiger partial charge in [0.1, 0.15) is 12.3 Å². The Morgan fingerprint density at radius 1 is 1.03 bits per heavy atom. The van der Waals surface area contributed by atoms with Gasteiger partial charge in [0.15, 0.2) is 0 Å². The van der Waals surface area contributed by atoms with Gasteiger partial charge in [0.05, 0.1) is 13.2 Å². The normalized spacial score (nSPS) is 15.1. The Labute approximate surface area is 185 Å². The third-order valence-electron chi connectivity index (χ3n) is 5.91. The fraction of sp³-hybridized carbons (Fsp3) is 0.154. The van der Waals surface area contributed by atoms with Crippen LogP contribution in [0, 0.1) is 0 Å². The molecule has 1 unspecified atom stereocenters. The molecule has 0 bridgehead atoms. The summed E-state index contributed by atoms with van der Waals surface area (Å²) in [4.78, 5) is 31.1. The fourth-order valence-corrected chi connectivity index (χ4v) is 4.38. The highest BCUT2D eigenvalue weighted by Gasteiger charge is 2.39. The van der Waals surface area contributed by atoms with Gasteiger partial charge in [-0.25, -0.2) is 0 Å². The molecule has 5 rings (SSSR count). The van der Waals surface area contributed by atoms with E-state index >= 15 is 0 Å². The number of carbonyl (C=O) groups excluding carboxylic acids is 2. The van der Waals surface area contributed by atoms with Gasteiger partial charge in [0, 0.05) is 34.8 Å². The average Bonchev–Trinajstić information content (AvgIpc) is 3.37. The maximum Gasteiger partial charge on any atom is 0.255 e. The number of fused-ring (bicyclic) bond motifs is 2. The van der Waals surface area contributed by atoms with Gasteiger partial charge in [0.2, 0.25) is 5.91 Å². The van der Waals surface area contributed by atoms with Gasteiger partial charge in [-0.05, 0) is 35.4 Å². The van der Waals surface area contributed by atoms with Crippen molar-refractivity contribution in [2.45, 2.75) is 12.6 Å². The van der Waals surface area contributed by atoms with Crippen molar-refractivity contribution in [2.75, 3.05) is 13.7 Å². The summed E-state index contributed by atoms with van der Waals surface area (Å²) in [6.45, 7) is 0.338. The molecule has 0 fully saturated rings. The number of para-hydroxylation sites is 1. The van der Waals surface area contributed by atoms with Gasteiger partial charge in [-0.2, -0.15) is 0 Å². The van der Waals surface area contributed by atoms with E-state index in [1.54, 1.807) is 12.0 Å². The molecule has 0 radical (unpaired) electrons. The van der Waals surface area contributed by atoms with Crippen LogP contribution in [-0.4, -0.2) is 35.4 Å². The van der Waals surface area contributed by atoms with E-state index in [-0.39, 0.29) is 24.4 Å². The van der Waals surface area contributed by atoms with Gasteiger partial charge in [0.25, 0.3) is 5.91 Å². The van der Waals surface area contributed by atoms with E-state index in [0.717, 1.165) is 33.3 Å².